The van der Waals surface area contributed by atoms with Crippen LogP contribution >= 0.6 is 11.3 Å². The smallest absolute Gasteiger partial charge is 0.161 e. The first kappa shape index (κ1) is 12.7. The van der Waals surface area contributed by atoms with Crippen LogP contribution < -0.4 is 11.1 Å². The van der Waals surface area contributed by atoms with E-state index >= 15 is 0 Å². The first-order chi connectivity index (χ1) is 9.56. The fraction of sp³-hybridized carbons (Fsp3) is 0. The molecule has 3 nitrogen and oxygen atoms in total. The van der Waals surface area contributed by atoms with Gasteiger partial charge in [-0.2, -0.15) is 0 Å². The Labute approximate surface area is 115 Å². The Balaban J connectivity index is 2.05. The Morgan fingerprint density at radius 2 is 1.75 bits per heavy atom. The van der Waals surface area contributed by atoms with Crippen molar-refractivity contribution in [3.05, 3.63) is 47.2 Å². The van der Waals surface area contributed by atoms with Crippen LogP contribution in [0.1, 0.15) is 0 Å². The number of hydrogen-bond donors (Lipinski definition) is 2. The molecule has 0 spiro atoms. The van der Waals surface area contributed by atoms with Crippen molar-refractivity contribution in [2.45, 2.75) is 0 Å². The lowest BCUT2D eigenvalue weighted by Gasteiger charge is -2.11. The van der Waals surface area contributed by atoms with Gasteiger partial charge in [0.05, 0.1) is 27.3 Å². The highest BCUT2D eigenvalue weighted by atomic mass is 32.1. The van der Waals surface area contributed by atoms with Crippen LogP contribution in [0, 0.1) is 17.5 Å². The lowest BCUT2D eigenvalue weighted by Crippen LogP contribution is -2.00. The molecule has 20 heavy (non-hydrogen) atoms. The Morgan fingerprint density at radius 3 is 2.55 bits per heavy atom. The van der Waals surface area contributed by atoms with Crippen molar-refractivity contribution in [2.75, 3.05) is 11.1 Å². The molecule has 3 rings (SSSR count). The second-order valence-corrected chi connectivity index (χ2v) is 4.98. The topological polar surface area (TPSA) is 50.9 Å². The lowest BCUT2D eigenvalue weighted by atomic mass is 10.2. The molecule has 0 bridgehead atoms. The van der Waals surface area contributed by atoms with Crippen LogP contribution in [-0.4, -0.2) is 4.98 Å². The fourth-order valence-corrected chi connectivity index (χ4v) is 2.52. The van der Waals surface area contributed by atoms with Gasteiger partial charge in [-0.05, 0) is 12.1 Å². The predicted molar refractivity (Wildman–Crippen MR) is 73.6 cm³/mol. The molecule has 102 valence electrons. The molecule has 2 aromatic carbocycles. The highest BCUT2D eigenvalue weighted by molar-refractivity contribution is 7.16. The van der Waals surface area contributed by atoms with Gasteiger partial charge in [-0.3, -0.25) is 0 Å². The fourth-order valence-electron chi connectivity index (χ4n) is 1.82. The molecule has 0 aliphatic heterocycles. The number of aromatic nitrogens is 1. The van der Waals surface area contributed by atoms with Crippen molar-refractivity contribution in [3.8, 4) is 0 Å². The second-order valence-electron chi connectivity index (χ2n) is 4.10. The Bertz CT molecular complexity index is 801. The van der Waals surface area contributed by atoms with Crippen molar-refractivity contribution in [2.24, 2.45) is 0 Å². The third-order valence-corrected chi connectivity index (χ3v) is 3.62. The van der Waals surface area contributed by atoms with Gasteiger partial charge in [0.15, 0.2) is 11.6 Å². The summed E-state index contributed by atoms with van der Waals surface area (Å²) in [5, 5.41) is 2.65. The summed E-state index contributed by atoms with van der Waals surface area (Å²) in [7, 11) is 0. The van der Waals surface area contributed by atoms with Crippen molar-refractivity contribution in [1.29, 1.82) is 0 Å². The minimum atomic E-state index is -1.24. The van der Waals surface area contributed by atoms with E-state index in [9.17, 15) is 13.2 Å². The van der Waals surface area contributed by atoms with Gasteiger partial charge in [0.1, 0.15) is 11.3 Å². The first-order valence-electron chi connectivity index (χ1n) is 5.59. The number of thiazole rings is 1. The van der Waals surface area contributed by atoms with Gasteiger partial charge in [-0.1, -0.05) is 0 Å². The number of anilines is 3. The zero-order chi connectivity index (χ0) is 14.3. The summed E-state index contributed by atoms with van der Waals surface area (Å²) in [6.45, 7) is 0. The lowest BCUT2D eigenvalue weighted by molar-refractivity contribution is 0.496. The summed E-state index contributed by atoms with van der Waals surface area (Å²) in [4.78, 5) is 4.10. The van der Waals surface area contributed by atoms with Crippen LogP contribution in [-0.2, 0) is 0 Å². The molecule has 7 heteroatoms. The molecule has 0 saturated carbocycles. The third kappa shape index (κ3) is 2.05. The van der Waals surface area contributed by atoms with Gasteiger partial charge >= 0.3 is 0 Å². The van der Waals surface area contributed by atoms with Crippen LogP contribution in [0.25, 0.3) is 10.2 Å². The van der Waals surface area contributed by atoms with Gasteiger partial charge in [0.2, 0.25) is 0 Å². The maximum atomic E-state index is 13.6. The summed E-state index contributed by atoms with van der Waals surface area (Å²) in [6, 6.07) is 4.63. The molecule has 0 amide bonds. The van der Waals surface area contributed by atoms with Crippen LogP contribution in [0.5, 0.6) is 0 Å². The molecule has 3 aromatic rings. The van der Waals surface area contributed by atoms with Crippen molar-refractivity contribution < 1.29 is 13.2 Å². The van der Waals surface area contributed by atoms with E-state index in [0.29, 0.717) is 23.0 Å². The normalized spacial score (nSPS) is 10.9. The van der Waals surface area contributed by atoms with Crippen LogP contribution in [0.15, 0.2) is 29.8 Å². The molecule has 0 fully saturated rings. The van der Waals surface area contributed by atoms with Crippen molar-refractivity contribution >= 4 is 38.6 Å². The van der Waals surface area contributed by atoms with E-state index in [1.165, 1.54) is 11.3 Å². The van der Waals surface area contributed by atoms with Crippen molar-refractivity contribution in [1.82, 2.24) is 4.98 Å². The zero-order valence-electron chi connectivity index (χ0n) is 9.95. The van der Waals surface area contributed by atoms with E-state index in [-0.39, 0.29) is 5.69 Å². The number of benzene rings is 2. The zero-order valence-corrected chi connectivity index (χ0v) is 10.8. The highest BCUT2D eigenvalue weighted by Crippen LogP contribution is 2.32. The summed E-state index contributed by atoms with van der Waals surface area (Å²) < 4.78 is 40.5. The van der Waals surface area contributed by atoms with Gasteiger partial charge in [0, 0.05) is 12.1 Å². The maximum Gasteiger partial charge on any atom is 0.161 e. The largest absolute Gasteiger partial charge is 0.395 e. The summed E-state index contributed by atoms with van der Waals surface area (Å²) in [5.41, 5.74) is 8.67. The highest BCUT2D eigenvalue weighted by Gasteiger charge is 2.12. The number of nitrogen functional groups attached to an aromatic ring is 1. The number of nitrogens with two attached hydrogens (primary N) is 1. The van der Waals surface area contributed by atoms with Gasteiger partial charge in [-0.25, -0.2) is 18.2 Å². The van der Waals surface area contributed by atoms with E-state index in [1.54, 1.807) is 17.6 Å². The molecule has 1 aromatic heterocycles. The molecule has 1 heterocycles. The number of fused-ring (bicyclic) bond motifs is 1. The van der Waals surface area contributed by atoms with Crippen LogP contribution in [0.3, 0.4) is 0 Å². The van der Waals surface area contributed by atoms with E-state index in [4.69, 9.17) is 5.73 Å². The van der Waals surface area contributed by atoms with E-state index in [1.807, 2.05) is 0 Å². The standard InChI is InChI=1S/C13H8F3N3S/c14-6-3-8(16)10(4-7(6)15)19-9-1-2-11-13(12(9)17)18-5-20-11/h1-5,19H,17H2. The molecule has 0 radical (unpaired) electrons. The summed E-state index contributed by atoms with van der Waals surface area (Å²) >= 11 is 1.42. The van der Waals surface area contributed by atoms with Gasteiger partial charge in [-0.15, -0.1) is 11.3 Å². The van der Waals surface area contributed by atoms with Crippen molar-refractivity contribution in [3.63, 3.8) is 0 Å². The number of nitrogens with zero attached hydrogens (tertiary/aromatic N) is 1. The Morgan fingerprint density at radius 1 is 1.00 bits per heavy atom. The first-order valence-corrected chi connectivity index (χ1v) is 6.47. The minimum absolute atomic E-state index is 0.190. The average molecular weight is 295 g/mol. The van der Waals surface area contributed by atoms with Crippen LogP contribution in [0.4, 0.5) is 30.2 Å². The molecule has 0 saturated heterocycles. The SMILES string of the molecule is Nc1c(Nc2cc(F)c(F)cc2F)ccc2scnc12. The van der Waals surface area contributed by atoms with Gasteiger partial charge in [0.25, 0.3) is 0 Å². The molecular formula is C13H8F3N3S. The third-order valence-electron chi connectivity index (χ3n) is 2.82. The molecule has 0 unspecified atom stereocenters. The summed E-state index contributed by atoms with van der Waals surface area (Å²) in [5.74, 6) is -3.28. The van der Waals surface area contributed by atoms with Gasteiger partial charge < -0.3 is 11.1 Å². The number of hydrogen-bond acceptors (Lipinski definition) is 4. The average Bonchev–Trinajstić information content (AvgIpc) is 2.88. The Hall–Kier alpha value is -2.28. The summed E-state index contributed by atoms with van der Waals surface area (Å²) in [6.07, 6.45) is 0. The molecular weight excluding hydrogens is 287 g/mol. The molecule has 0 aliphatic rings. The quantitative estimate of drug-likeness (QED) is 0.554. The van der Waals surface area contributed by atoms with E-state index < -0.39 is 17.5 Å². The Kier molecular flexibility index (Phi) is 2.98. The number of halogens is 3. The number of nitrogens with one attached hydrogen (secondary N) is 1. The second kappa shape index (κ2) is 4.68. The molecule has 0 aliphatic carbocycles. The van der Waals surface area contributed by atoms with E-state index in [2.05, 4.69) is 10.3 Å². The molecule has 3 N–H and O–H groups in total. The van der Waals surface area contributed by atoms with E-state index in [0.717, 1.165) is 10.8 Å². The maximum absolute atomic E-state index is 13.6. The minimum Gasteiger partial charge on any atom is -0.395 e. The van der Waals surface area contributed by atoms with Crippen LogP contribution in [0.2, 0.25) is 0 Å². The predicted octanol–water partition coefficient (Wildman–Crippen LogP) is 4.04. The monoisotopic (exact) mass is 295 g/mol. The molecule has 0 atom stereocenters. The number of rotatable bonds is 2.